The van der Waals surface area contributed by atoms with Crippen LogP contribution < -0.4 is 20.7 Å². The average molecular weight is 497 g/mol. The number of amides is 4. The number of urea groups is 1. The van der Waals surface area contributed by atoms with Crippen molar-refractivity contribution in [2.24, 2.45) is 0 Å². The van der Waals surface area contributed by atoms with Gasteiger partial charge >= 0.3 is 6.03 Å². The molecule has 3 rings (SSSR count). The first-order valence-electron chi connectivity index (χ1n) is 9.83. The first-order chi connectivity index (χ1) is 16.3. The minimum atomic E-state index is -0.869. The van der Waals surface area contributed by atoms with Crippen LogP contribution in [-0.4, -0.2) is 25.0 Å². The predicted molar refractivity (Wildman–Crippen MR) is 128 cm³/mol. The van der Waals surface area contributed by atoms with E-state index in [-0.39, 0.29) is 27.6 Å². The molecule has 1 unspecified atom stereocenters. The maximum absolute atomic E-state index is 12.7. The largest absolute Gasteiger partial charge is 0.495 e. The molecule has 172 valence electrons. The summed E-state index contributed by atoms with van der Waals surface area (Å²) in [6, 6.07) is 17.6. The Morgan fingerprint density at radius 1 is 0.971 bits per heavy atom. The molecular formula is C24H18Cl2N4O4. The van der Waals surface area contributed by atoms with Gasteiger partial charge in [0.25, 0.3) is 11.8 Å². The van der Waals surface area contributed by atoms with Gasteiger partial charge in [0.15, 0.2) is 0 Å². The number of nitrogens with zero attached hydrogens (tertiary/aromatic N) is 1. The van der Waals surface area contributed by atoms with Crippen molar-refractivity contribution in [3.05, 3.63) is 93.5 Å². The number of carbonyl (C=O) groups excluding carboxylic acids is 3. The van der Waals surface area contributed by atoms with E-state index in [9.17, 15) is 19.6 Å². The molecular weight excluding hydrogens is 479 g/mol. The first kappa shape index (κ1) is 24.6. The number of methoxy groups -OCH3 is 1. The lowest BCUT2D eigenvalue weighted by Gasteiger charge is -2.15. The van der Waals surface area contributed by atoms with Crippen LogP contribution in [0, 0.1) is 11.3 Å². The van der Waals surface area contributed by atoms with Crippen LogP contribution in [0.25, 0.3) is 0 Å². The van der Waals surface area contributed by atoms with Gasteiger partial charge in [0, 0.05) is 10.6 Å². The number of imide groups is 1. The summed E-state index contributed by atoms with van der Waals surface area (Å²) in [6.07, 6.45) is 0. The number of nitrogens with one attached hydrogen (secondary N) is 3. The monoisotopic (exact) mass is 496 g/mol. The molecule has 4 amide bonds. The molecule has 0 aliphatic carbocycles. The molecule has 0 aromatic heterocycles. The van der Waals surface area contributed by atoms with Gasteiger partial charge in [-0.3, -0.25) is 14.9 Å². The van der Waals surface area contributed by atoms with E-state index in [1.807, 2.05) is 6.07 Å². The number of carbonyl (C=O) groups is 3. The molecule has 1 atom stereocenters. The average Bonchev–Trinajstić information content (AvgIpc) is 2.82. The lowest BCUT2D eigenvalue weighted by atomic mass is 10.1. The maximum Gasteiger partial charge on any atom is 0.326 e. The van der Waals surface area contributed by atoms with Crippen molar-refractivity contribution < 1.29 is 19.1 Å². The molecule has 0 fully saturated rings. The summed E-state index contributed by atoms with van der Waals surface area (Å²) in [5, 5.41) is 17.1. The third-order valence-electron chi connectivity index (χ3n) is 4.65. The van der Waals surface area contributed by atoms with E-state index in [1.54, 1.807) is 30.3 Å². The van der Waals surface area contributed by atoms with Gasteiger partial charge in [0.1, 0.15) is 11.8 Å². The Bertz CT molecular complexity index is 1280. The van der Waals surface area contributed by atoms with Gasteiger partial charge in [0.2, 0.25) is 0 Å². The normalized spacial score (nSPS) is 11.0. The van der Waals surface area contributed by atoms with E-state index in [4.69, 9.17) is 27.9 Å². The molecule has 3 aromatic carbocycles. The molecule has 10 heteroatoms. The highest BCUT2D eigenvalue weighted by atomic mass is 35.5. The molecule has 0 spiro atoms. The first-order valence-corrected chi connectivity index (χ1v) is 10.6. The maximum atomic E-state index is 12.7. The number of halogens is 2. The highest BCUT2D eigenvalue weighted by Gasteiger charge is 2.19. The molecule has 0 bridgehead atoms. The number of nitriles is 1. The van der Waals surface area contributed by atoms with Crippen molar-refractivity contribution in [2.75, 3.05) is 12.4 Å². The summed E-state index contributed by atoms with van der Waals surface area (Å²) in [4.78, 5) is 37.5. The Morgan fingerprint density at radius 3 is 2.35 bits per heavy atom. The molecule has 0 saturated heterocycles. The van der Waals surface area contributed by atoms with Gasteiger partial charge in [-0.2, -0.15) is 5.26 Å². The van der Waals surface area contributed by atoms with Crippen LogP contribution in [0.3, 0.4) is 0 Å². The minimum absolute atomic E-state index is 0.0600. The molecule has 0 aliphatic heterocycles. The topological polar surface area (TPSA) is 120 Å². The second-order valence-corrected chi connectivity index (χ2v) is 7.74. The van der Waals surface area contributed by atoms with E-state index in [0.29, 0.717) is 10.6 Å². The third kappa shape index (κ3) is 6.04. The van der Waals surface area contributed by atoms with E-state index in [1.165, 1.54) is 43.5 Å². The van der Waals surface area contributed by atoms with Crippen molar-refractivity contribution in [1.82, 2.24) is 10.6 Å². The van der Waals surface area contributed by atoms with Crippen LogP contribution in [0.4, 0.5) is 10.5 Å². The molecule has 3 aromatic rings. The number of hydrogen-bond acceptors (Lipinski definition) is 5. The lowest BCUT2D eigenvalue weighted by Crippen LogP contribution is -2.34. The van der Waals surface area contributed by atoms with Crippen molar-refractivity contribution in [3.63, 3.8) is 0 Å². The van der Waals surface area contributed by atoms with E-state index in [0.717, 1.165) is 0 Å². The fraction of sp³-hybridized carbons (Fsp3) is 0.0833. The van der Waals surface area contributed by atoms with Crippen LogP contribution in [0.5, 0.6) is 5.75 Å². The zero-order chi connectivity index (χ0) is 24.7. The number of rotatable bonds is 6. The SMILES string of the molecule is COc1ccc(C(=O)NC(C#N)c2ccccc2)cc1NC(=O)NC(=O)c1ccc(Cl)cc1Cl. The van der Waals surface area contributed by atoms with Crippen molar-refractivity contribution in [1.29, 1.82) is 5.26 Å². The van der Waals surface area contributed by atoms with Crippen LogP contribution in [-0.2, 0) is 0 Å². The third-order valence-corrected chi connectivity index (χ3v) is 5.20. The zero-order valence-electron chi connectivity index (χ0n) is 17.8. The summed E-state index contributed by atoms with van der Waals surface area (Å²) < 4.78 is 5.23. The summed E-state index contributed by atoms with van der Waals surface area (Å²) in [7, 11) is 1.39. The number of hydrogen-bond donors (Lipinski definition) is 3. The second-order valence-electron chi connectivity index (χ2n) is 6.89. The summed E-state index contributed by atoms with van der Waals surface area (Å²) >= 11 is 11.8. The van der Waals surface area contributed by atoms with Crippen LogP contribution in [0.1, 0.15) is 32.3 Å². The molecule has 8 nitrogen and oxygen atoms in total. The van der Waals surface area contributed by atoms with Crippen molar-refractivity contribution >= 4 is 46.7 Å². The fourth-order valence-electron chi connectivity index (χ4n) is 2.99. The fourth-order valence-corrected chi connectivity index (χ4v) is 3.49. The van der Waals surface area contributed by atoms with Crippen molar-refractivity contribution in [3.8, 4) is 11.8 Å². The number of ether oxygens (including phenoxy) is 1. The van der Waals surface area contributed by atoms with Gasteiger partial charge in [0.05, 0.1) is 29.5 Å². The Labute approximate surface area is 205 Å². The molecule has 0 heterocycles. The predicted octanol–water partition coefficient (Wildman–Crippen LogP) is 4.96. The lowest BCUT2D eigenvalue weighted by molar-refractivity contribution is 0.0941. The van der Waals surface area contributed by atoms with Gasteiger partial charge in [-0.25, -0.2) is 4.79 Å². The Hall–Kier alpha value is -4.06. The van der Waals surface area contributed by atoms with Gasteiger partial charge in [-0.1, -0.05) is 53.5 Å². The van der Waals surface area contributed by atoms with Gasteiger partial charge in [-0.15, -0.1) is 0 Å². The molecule has 0 radical (unpaired) electrons. The van der Waals surface area contributed by atoms with Crippen LogP contribution in [0.2, 0.25) is 10.0 Å². The molecule has 34 heavy (non-hydrogen) atoms. The van der Waals surface area contributed by atoms with Crippen molar-refractivity contribution in [2.45, 2.75) is 6.04 Å². The summed E-state index contributed by atoms with van der Waals surface area (Å²) in [5.41, 5.74) is 0.990. The Balaban J connectivity index is 1.74. The highest BCUT2D eigenvalue weighted by molar-refractivity contribution is 6.37. The summed E-state index contributed by atoms with van der Waals surface area (Å²) in [6.45, 7) is 0. The van der Waals surface area contributed by atoms with Crippen LogP contribution in [0.15, 0.2) is 66.7 Å². The number of benzene rings is 3. The standard InChI is InChI=1S/C24H18Cl2N4O4/c1-34-21-10-7-15(22(31)28-20(13-27)14-5-3-2-4-6-14)11-19(21)29-24(33)30-23(32)17-9-8-16(25)12-18(17)26/h2-12,20H,1H3,(H,28,31)(H2,29,30,32,33). The Kier molecular flexibility index (Phi) is 8.09. The van der Waals surface area contributed by atoms with E-state index in [2.05, 4.69) is 16.0 Å². The minimum Gasteiger partial charge on any atom is -0.495 e. The highest BCUT2D eigenvalue weighted by Crippen LogP contribution is 2.26. The smallest absolute Gasteiger partial charge is 0.326 e. The van der Waals surface area contributed by atoms with Gasteiger partial charge < -0.3 is 15.4 Å². The van der Waals surface area contributed by atoms with Gasteiger partial charge in [-0.05, 0) is 42.0 Å². The number of anilines is 1. The van der Waals surface area contributed by atoms with Crippen LogP contribution >= 0.6 is 23.2 Å². The second kappa shape index (κ2) is 11.2. The quantitative estimate of drug-likeness (QED) is 0.445. The Morgan fingerprint density at radius 2 is 1.71 bits per heavy atom. The molecule has 3 N–H and O–H groups in total. The summed E-state index contributed by atoms with van der Waals surface area (Å²) in [5.74, 6) is -1.03. The van der Waals surface area contributed by atoms with E-state index >= 15 is 0 Å². The zero-order valence-corrected chi connectivity index (χ0v) is 19.3. The molecule has 0 saturated carbocycles. The van der Waals surface area contributed by atoms with E-state index < -0.39 is 23.9 Å². The molecule has 0 aliphatic rings.